The van der Waals surface area contributed by atoms with Gasteiger partial charge in [-0.05, 0) is 63.0 Å². The number of carbonyl (C=O) groups excluding carboxylic acids is 1. The zero-order chi connectivity index (χ0) is 19.4. The molecule has 1 unspecified atom stereocenters. The Morgan fingerprint density at radius 1 is 1.29 bits per heavy atom. The van der Waals surface area contributed by atoms with Crippen molar-refractivity contribution in [3.63, 3.8) is 0 Å². The Balaban J connectivity index is 1.39. The highest BCUT2D eigenvalue weighted by molar-refractivity contribution is 5.66. The number of ether oxygens (including phenoxy) is 3. The van der Waals surface area contributed by atoms with Crippen LogP contribution >= 0.6 is 0 Å². The summed E-state index contributed by atoms with van der Waals surface area (Å²) in [6.07, 6.45) is 17.0. The number of unbranched alkanes of at least 4 members (excludes halogenated alkanes) is 1. The Hall–Kier alpha value is -1.69. The molecule has 3 atom stereocenters. The van der Waals surface area contributed by atoms with Crippen LogP contribution in [0.3, 0.4) is 0 Å². The fourth-order valence-electron chi connectivity index (χ4n) is 4.65. The monoisotopic (exact) mass is 386 g/mol. The van der Waals surface area contributed by atoms with Gasteiger partial charge >= 0.3 is 0 Å². The van der Waals surface area contributed by atoms with E-state index in [0.717, 1.165) is 80.3 Å². The number of carbonyl (C=O) groups is 1. The molecular weight excluding hydrogens is 356 g/mol. The molecule has 0 aromatic heterocycles. The van der Waals surface area contributed by atoms with Gasteiger partial charge in [-0.1, -0.05) is 18.2 Å². The van der Waals surface area contributed by atoms with E-state index in [1.807, 2.05) is 6.08 Å². The lowest BCUT2D eigenvalue weighted by atomic mass is 9.85. The number of hydrogen-bond donors (Lipinski definition) is 1. The number of hydrogen-bond acceptors (Lipinski definition) is 5. The smallest absolute Gasteiger partial charge is 0.231 e. The molecule has 0 amide bonds. The fraction of sp³-hybridized carbons (Fsp3) is 0.609. The van der Waals surface area contributed by atoms with Gasteiger partial charge < -0.3 is 19.3 Å². The van der Waals surface area contributed by atoms with Gasteiger partial charge in [0.25, 0.3) is 0 Å². The second-order valence-electron chi connectivity index (χ2n) is 8.02. The third-order valence-electron chi connectivity index (χ3n) is 6.06. The third-order valence-corrected chi connectivity index (χ3v) is 6.06. The van der Waals surface area contributed by atoms with Crippen LogP contribution in [0.5, 0.6) is 0 Å². The molecule has 4 aliphatic rings. The van der Waals surface area contributed by atoms with Gasteiger partial charge in [-0.3, -0.25) is 4.79 Å². The van der Waals surface area contributed by atoms with Crippen molar-refractivity contribution in [2.75, 3.05) is 13.2 Å². The van der Waals surface area contributed by atoms with Gasteiger partial charge in [0, 0.05) is 36.7 Å². The maximum absolute atomic E-state index is 10.9. The average Bonchev–Trinajstić information content (AvgIpc) is 3.21. The third kappa shape index (κ3) is 4.02. The van der Waals surface area contributed by atoms with Gasteiger partial charge in [-0.2, -0.15) is 0 Å². The maximum Gasteiger partial charge on any atom is 0.231 e. The van der Waals surface area contributed by atoms with Crippen molar-refractivity contribution in [3.05, 3.63) is 46.8 Å². The van der Waals surface area contributed by atoms with Crippen LogP contribution in [-0.4, -0.2) is 36.7 Å². The highest BCUT2D eigenvalue weighted by atomic mass is 16.7. The van der Waals surface area contributed by atoms with Crippen LogP contribution < -0.4 is 0 Å². The van der Waals surface area contributed by atoms with Gasteiger partial charge in [-0.25, -0.2) is 0 Å². The van der Waals surface area contributed by atoms with E-state index >= 15 is 0 Å². The standard InChI is InChI=1S/C23H30O5/c24-14-6-8-17-11-12-18(7-1-3-15-26-20-10-2-4-16-27-20)22-21(17)19-9-5-13-23(19,25)28-22/h6,8,11-12,14,17,20,25H,1-5,7,9-10,13,15-16H2/t17-,20-,23?/m0/s1. The highest BCUT2D eigenvalue weighted by Gasteiger charge is 2.49. The molecule has 0 radical (unpaired) electrons. The molecular formula is C23H30O5. The SMILES string of the molecule is O=CC=C[C@H]1C=CC(CCCCO[C@@H]2CCCCO2)=C2OC3(O)CCCC3=C21. The van der Waals surface area contributed by atoms with Crippen molar-refractivity contribution < 1.29 is 24.1 Å². The molecule has 0 aromatic rings. The molecule has 5 nitrogen and oxygen atoms in total. The number of allylic oxidation sites excluding steroid dienone is 6. The van der Waals surface area contributed by atoms with Gasteiger partial charge in [0.1, 0.15) is 12.0 Å². The normalized spacial score (nSPS) is 32.0. The van der Waals surface area contributed by atoms with E-state index in [1.54, 1.807) is 0 Å². The minimum absolute atomic E-state index is 0.00198. The lowest BCUT2D eigenvalue weighted by molar-refractivity contribution is -0.162. The molecule has 4 rings (SSSR count). The first-order valence-electron chi connectivity index (χ1n) is 10.6. The molecule has 0 bridgehead atoms. The molecule has 1 N–H and O–H groups in total. The Morgan fingerprint density at radius 2 is 2.21 bits per heavy atom. The first-order valence-corrected chi connectivity index (χ1v) is 10.6. The van der Waals surface area contributed by atoms with Crippen molar-refractivity contribution >= 4 is 6.29 Å². The molecule has 2 aliphatic carbocycles. The van der Waals surface area contributed by atoms with Gasteiger partial charge in [0.2, 0.25) is 5.79 Å². The van der Waals surface area contributed by atoms with Crippen LogP contribution in [0.15, 0.2) is 46.8 Å². The molecule has 1 saturated heterocycles. The quantitative estimate of drug-likeness (QED) is 0.387. The largest absolute Gasteiger partial charge is 0.458 e. The van der Waals surface area contributed by atoms with E-state index in [-0.39, 0.29) is 12.2 Å². The zero-order valence-corrected chi connectivity index (χ0v) is 16.4. The number of fused-ring (bicyclic) bond motifs is 2. The van der Waals surface area contributed by atoms with Crippen molar-refractivity contribution in [2.45, 2.75) is 69.9 Å². The molecule has 152 valence electrons. The Bertz CT molecular complexity index is 711. The van der Waals surface area contributed by atoms with E-state index in [4.69, 9.17) is 14.2 Å². The van der Waals surface area contributed by atoms with Crippen LogP contribution in [0.2, 0.25) is 0 Å². The van der Waals surface area contributed by atoms with Crippen LogP contribution in [0.1, 0.15) is 57.8 Å². The molecule has 28 heavy (non-hydrogen) atoms. The lowest BCUT2D eigenvalue weighted by Crippen LogP contribution is -2.25. The molecule has 2 aliphatic heterocycles. The van der Waals surface area contributed by atoms with Crippen LogP contribution in [0, 0.1) is 5.92 Å². The van der Waals surface area contributed by atoms with Gasteiger partial charge in [0.15, 0.2) is 6.29 Å². The van der Waals surface area contributed by atoms with Crippen molar-refractivity contribution in [3.8, 4) is 0 Å². The molecule has 0 aromatic carbocycles. The second-order valence-corrected chi connectivity index (χ2v) is 8.02. The average molecular weight is 386 g/mol. The minimum Gasteiger partial charge on any atom is -0.458 e. The molecule has 2 heterocycles. The van der Waals surface area contributed by atoms with E-state index in [2.05, 4.69) is 12.2 Å². The van der Waals surface area contributed by atoms with E-state index < -0.39 is 5.79 Å². The molecule has 2 fully saturated rings. The number of aldehydes is 1. The summed E-state index contributed by atoms with van der Waals surface area (Å²) in [4.78, 5) is 10.8. The Morgan fingerprint density at radius 3 is 3.04 bits per heavy atom. The summed E-state index contributed by atoms with van der Waals surface area (Å²) in [5, 5.41) is 10.9. The van der Waals surface area contributed by atoms with E-state index in [9.17, 15) is 9.90 Å². The maximum atomic E-state index is 10.9. The first kappa shape index (κ1) is 19.6. The summed E-state index contributed by atoms with van der Waals surface area (Å²) >= 11 is 0. The predicted octanol–water partition coefficient (Wildman–Crippen LogP) is 4.09. The van der Waals surface area contributed by atoms with E-state index in [1.165, 1.54) is 12.5 Å². The van der Waals surface area contributed by atoms with Crippen LogP contribution in [-0.2, 0) is 19.0 Å². The summed E-state index contributed by atoms with van der Waals surface area (Å²) in [6, 6.07) is 0. The summed E-state index contributed by atoms with van der Waals surface area (Å²) in [6.45, 7) is 1.52. The molecule has 1 saturated carbocycles. The number of aliphatic hydroxyl groups is 1. The van der Waals surface area contributed by atoms with Gasteiger partial charge in [0.05, 0.1) is 0 Å². The van der Waals surface area contributed by atoms with Crippen LogP contribution in [0.25, 0.3) is 0 Å². The topological polar surface area (TPSA) is 65.0 Å². The van der Waals surface area contributed by atoms with Crippen molar-refractivity contribution in [2.24, 2.45) is 5.92 Å². The number of rotatable bonds is 8. The lowest BCUT2D eigenvalue weighted by Gasteiger charge is -2.23. The first-order chi connectivity index (χ1) is 13.7. The summed E-state index contributed by atoms with van der Waals surface area (Å²) in [5.41, 5.74) is 3.21. The Kier molecular flexibility index (Phi) is 6.14. The summed E-state index contributed by atoms with van der Waals surface area (Å²) in [7, 11) is 0. The molecule has 0 spiro atoms. The predicted molar refractivity (Wildman–Crippen MR) is 105 cm³/mol. The second kappa shape index (κ2) is 8.76. The fourth-order valence-corrected chi connectivity index (χ4v) is 4.65. The van der Waals surface area contributed by atoms with Crippen molar-refractivity contribution in [1.29, 1.82) is 0 Å². The van der Waals surface area contributed by atoms with Crippen LogP contribution in [0.4, 0.5) is 0 Å². The van der Waals surface area contributed by atoms with Crippen molar-refractivity contribution in [1.82, 2.24) is 0 Å². The molecule has 5 heteroatoms. The van der Waals surface area contributed by atoms with Gasteiger partial charge in [-0.15, -0.1) is 0 Å². The zero-order valence-electron chi connectivity index (χ0n) is 16.4. The Labute approximate surface area is 166 Å². The summed E-state index contributed by atoms with van der Waals surface area (Å²) < 4.78 is 17.5. The summed E-state index contributed by atoms with van der Waals surface area (Å²) in [5.74, 6) is -0.314. The van der Waals surface area contributed by atoms with E-state index in [0.29, 0.717) is 13.0 Å². The highest BCUT2D eigenvalue weighted by Crippen LogP contribution is 2.52. The minimum atomic E-state index is -1.14.